The van der Waals surface area contributed by atoms with E-state index in [4.69, 9.17) is 22.5 Å². The normalized spacial score (nSPS) is 16.2. The Hall–Kier alpha value is -1.17. The van der Waals surface area contributed by atoms with Crippen molar-refractivity contribution in [3.63, 3.8) is 0 Å². The molecule has 1 aliphatic rings. The monoisotopic (exact) mass is 242 g/mol. The summed E-state index contributed by atoms with van der Waals surface area (Å²) in [6.45, 7) is 3.70. The largest absolute Gasteiger partial charge is 0.397 e. The predicted octanol–water partition coefficient (Wildman–Crippen LogP) is 1.13. The molecule has 0 aliphatic carbocycles. The highest BCUT2D eigenvalue weighted by molar-refractivity contribution is 6.33. The summed E-state index contributed by atoms with van der Waals surface area (Å²) in [4.78, 5) is 2.18. The number of nitrogens with two attached hydrogens (primary N) is 1. The second-order valence-electron chi connectivity index (χ2n) is 3.74. The van der Waals surface area contributed by atoms with Crippen molar-refractivity contribution in [2.24, 2.45) is 0 Å². The van der Waals surface area contributed by atoms with Gasteiger partial charge >= 0.3 is 0 Å². The summed E-state index contributed by atoms with van der Waals surface area (Å²) in [5, 5.41) is 12.7. The number of hydrogen-bond donors (Lipinski definition) is 4. The van der Waals surface area contributed by atoms with Crippen LogP contribution in [-0.4, -0.2) is 31.4 Å². The topological polar surface area (TPSA) is 73.5 Å². The summed E-state index contributed by atoms with van der Waals surface area (Å²) in [7, 11) is 0. The molecule has 1 fully saturated rings. The highest BCUT2D eigenvalue weighted by Gasteiger charge is 2.15. The second-order valence-corrected chi connectivity index (χ2v) is 4.15. The molecule has 0 aromatic heterocycles. The van der Waals surface area contributed by atoms with Crippen molar-refractivity contribution in [3.8, 4) is 0 Å². The molecule has 1 aromatic carbocycles. The predicted molar refractivity (Wildman–Crippen MR) is 66.4 cm³/mol. The van der Waals surface area contributed by atoms with E-state index >= 15 is 0 Å². The summed E-state index contributed by atoms with van der Waals surface area (Å²) in [6.07, 6.45) is 0. The van der Waals surface area contributed by atoms with Crippen LogP contribution in [0.1, 0.15) is 0 Å². The number of nitrogens with zero attached hydrogens (tertiary/aromatic N) is 1. The minimum absolute atomic E-state index is 0.434. The van der Waals surface area contributed by atoms with Gasteiger partial charge in [-0.05, 0) is 12.1 Å². The molecule has 88 valence electrons. The fourth-order valence-electron chi connectivity index (χ4n) is 1.82. The molecule has 16 heavy (non-hydrogen) atoms. The molecule has 0 unspecified atom stereocenters. The zero-order valence-corrected chi connectivity index (χ0v) is 9.59. The van der Waals surface area contributed by atoms with Gasteiger partial charge in [0.05, 0.1) is 22.1 Å². The van der Waals surface area contributed by atoms with Crippen LogP contribution in [0.3, 0.4) is 0 Å². The first-order chi connectivity index (χ1) is 7.72. The molecule has 2 rings (SSSR count). The van der Waals surface area contributed by atoms with Gasteiger partial charge in [-0.2, -0.15) is 0 Å². The lowest BCUT2D eigenvalue weighted by atomic mass is 10.2. The number of anilines is 3. The highest BCUT2D eigenvalue weighted by Crippen LogP contribution is 2.33. The van der Waals surface area contributed by atoms with E-state index < -0.39 is 0 Å². The lowest BCUT2D eigenvalue weighted by Crippen LogP contribution is -2.43. The zero-order chi connectivity index (χ0) is 11.5. The average Bonchev–Trinajstić information content (AvgIpc) is 2.32. The summed E-state index contributed by atoms with van der Waals surface area (Å²) in [6, 6.07) is 3.42. The van der Waals surface area contributed by atoms with E-state index in [1.807, 2.05) is 5.48 Å². The Bertz CT molecular complexity index is 379. The van der Waals surface area contributed by atoms with Crippen LogP contribution in [0.2, 0.25) is 5.02 Å². The van der Waals surface area contributed by atoms with Crippen LogP contribution in [0.4, 0.5) is 17.1 Å². The molecule has 1 aromatic rings. The van der Waals surface area contributed by atoms with E-state index in [0.29, 0.717) is 16.4 Å². The number of rotatable bonds is 2. The molecule has 1 heterocycles. The number of nitrogen functional groups attached to an aromatic ring is 1. The first-order valence-corrected chi connectivity index (χ1v) is 5.55. The molecule has 0 atom stereocenters. The van der Waals surface area contributed by atoms with Gasteiger partial charge in [-0.25, -0.2) is 0 Å². The Balaban J connectivity index is 2.29. The smallest absolute Gasteiger partial charge is 0.0847 e. The van der Waals surface area contributed by atoms with E-state index in [1.54, 1.807) is 12.1 Å². The molecule has 0 amide bonds. The van der Waals surface area contributed by atoms with E-state index in [2.05, 4.69) is 10.2 Å². The summed E-state index contributed by atoms with van der Waals surface area (Å²) in [5.41, 5.74) is 9.65. The minimum Gasteiger partial charge on any atom is -0.397 e. The Morgan fingerprint density at radius 3 is 2.69 bits per heavy atom. The van der Waals surface area contributed by atoms with Crippen molar-refractivity contribution in [1.82, 2.24) is 5.32 Å². The quantitative estimate of drug-likeness (QED) is 0.462. The number of hydrogen-bond acceptors (Lipinski definition) is 5. The third kappa shape index (κ3) is 2.16. The molecular formula is C10H15ClN4O. The molecule has 6 heteroatoms. The van der Waals surface area contributed by atoms with Gasteiger partial charge in [0.1, 0.15) is 0 Å². The van der Waals surface area contributed by atoms with E-state index in [9.17, 15) is 0 Å². The van der Waals surface area contributed by atoms with E-state index in [-0.39, 0.29) is 0 Å². The molecule has 5 N–H and O–H groups in total. The van der Waals surface area contributed by atoms with Gasteiger partial charge in [0, 0.05) is 26.2 Å². The number of halogens is 1. The van der Waals surface area contributed by atoms with Gasteiger partial charge in [0.15, 0.2) is 0 Å². The van der Waals surface area contributed by atoms with Crippen LogP contribution in [0.15, 0.2) is 12.1 Å². The Morgan fingerprint density at radius 1 is 1.38 bits per heavy atom. The van der Waals surface area contributed by atoms with E-state index in [1.165, 1.54) is 0 Å². The molecule has 0 saturated carbocycles. The summed E-state index contributed by atoms with van der Waals surface area (Å²) >= 11 is 6.14. The first-order valence-electron chi connectivity index (χ1n) is 5.17. The standard InChI is InChI=1S/C10H15ClN4O/c11-7-5-9(14-16)8(12)6-10(7)15-3-1-13-2-4-15/h5-6,13-14,16H,1-4,12H2. The maximum Gasteiger partial charge on any atom is 0.0847 e. The average molecular weight is 243 g/mol. The fourth-order valence-corrected chi connectivity index (χ4v) is 2.11. The third-order valence-corrected chi connectivity index (χ3v) is 3.00. The molecule has 0 bridgehead atoms. The SMILES string of the molecule is Nc1cc(N2CCNCC2)c(Cl)cc1NO. The molecule has 0 radical (unpaired) electrons. The lowest BCUT2D eigenvalue weighted by Gasteiger charge is -2.30. The minimum atomic E-state index is 0.434. The van der Waals surface area contributed by atoms with Gasteiger partial charge < -0.3 is 16.0 Å². The van der Waals surface area contributed by atoms with Crippen LogP contribution in [0.25, 0.3) is 0 Å². The number of benzene rings is 1. The molecule has 5 nitrogen and oxygen atoms in total. The summed E-state index contributed by atoms with van der Waals surface area (Å²) < 4.78 is 0. The van der Waals surface area contributed by atoms with Gasteiger partial charge in [0.25, 0.3) is 0 Å². The van der Waals surface area contributed by atoms with E-state index in [0.717, 1.165) is 31.9 Å². The molecule has 1 aliphatic heterocycles. The van der Waals surface area contributed by atoms with Crippen molar-refractivity contribution in [3.05, 3.63) is 17.2 Å². The van der Waals surface area contributed by atoms with Gasteiger partial charge in [-0.3, -0.25) is 10.7 Å². The Labute approximate surface area is 99.1 Å². The van der Waals surface area contributed by atoms with Crippen molar-refractivity contribution >= 4 is 28.7 Å². The molecular weight excluding hydrogens is 228 g/mol. The maximum absolute atomic E-state index is 8.83. The number of piperazine rings is 1. The Morgan fingerprint density at radius 2 is 2.06 bits per heavy atom. The molecule has 0 spiro atoms. The second kappa shape index (κ2) is 4.78. The van der Waals surface area contributed by atoms with Crippen molar-refractivity contribution in [2.45, 2.75) is 0 Å². The zero-order valence-electron chi connectivity index (χ0n) is 8.83. The van der Waals surface area contributed by atoms with Crippen LogP contribution in [-0.2, 0) is 0 Å². The fraction of sp³-hybridized carbons (Fsp3) is 0.400. The van der Waals surface area contributed by atoms with Crippen molar-refractivity contribution in [1.29, 1.82) is 0 Å². The lowest BCUT2D eigenvalue weighted by molar-refractivity contribution is 0.389. The van der Waals surface area contributed by atoms with Crippen LogP contribution >= 0.6 is 11.6 Å². The summed E-state index contributed by atoms with van der Waals surface area (Å²) in [5.74, 6) is 0. The van der Waals surface area contributed by atoms with Crippen molar-refractivity contribution in [2.75, 3.05) is 42.3 Å². The third-order valence-electron chi connectivity index (χ3n) is 2.70. The van der Waals surface area contributed by atoms with Gasteiger partial charge in [-0.15, -0.1) is 0 Å². The first kappa shape index (κ1) is 11.3. The maximum atomic E-state index is 8.83. The number of nitrogens with one attached hydrogen (secondary N) is 2. The van der Waals surface area contributed by atoms with Crippen LogP contribution in [0.5, 0.6) is 0 Å². The Kier molecular flexibility index (Phi) is 3.38. The molecule has 1 saturated heterocycles. The van der Waals surface area contributed by atoms with Crippen LogP contribution in [0, 0.1) is 0 Å². The highest BCUT2D eigenvalue weighted by atomic mass is 35.5. The van der Waals surface area contributed by atoms with Gasteiger partial charge in [-0.1, -0.05) is 11.6 Å². The van der Waals surface area contributed by atoms with Crippen LogP contribution < -0.4 is 21.4 Å². The van der Waals surface area contributed by atoms with Crippen molar-refractivity contribution < 1.29 is 5.21 Å². The van der Waals surface area contributed by atoms with Gasteiger partial charge in [0.2, 0.25) is 0 Å².